The second kappa shape index (κ2) is 7.04. The fourth-order valence-corrected chi connectivity index (χ4v) is 3.02. The predicted molar refractivity (Wildman–Crippen MR) is 88.6 cm³/mol. The van der Waals surface area contributed by atoms with Gasteiger partial charge in [0.15, 0.2) is 5.82 Å². The topological polar surface area (TPSA) is 105 Å². The third kappa shape index (κ3) is 3.87. The highest BCUT2D eigenvalue weighted by Gasteiger charge is 2.46. The molecule has 1 aromatic carbocycles. The Morgan fingerprint density at radius 1 is 1.32 bits per heavy atom. The molecule has 1 atom stereocenters. The maximum absolute atomic E-state index is 12.2. The van der Waals surface area contributed by atoms with E-state index in [-0.39, 0.29) is 12.3 Å². The molecule has 7 nitrogen and oxygen atoms in total. The molecule has 0 aliphatic heterocycles. The summed E-state index contributed by atoms with van der Waals surface area (Å²) >= 11 is 0. The van der Waals surface area contributed by atoms with E-state index in [9.17, 15) is 14.7 Å². The number of nitrogens with one attached hydrogen (secondary N) is 1. The Kier molecular flexibility index (Phi) is 4.83. The van der Waals surface area contributed by atoms with E-state index in [4.69, 9.17) is 4.52 Å². The van der Waals surface area contributed by atoms with Crippen molar-refractivity contribution in [2.45, 2.75) is 45.1 Å². The first-order valence-corrected chi connectivity index (χ1v) is 8.38. The Labute approximate surface area is 145 Å². The van der Waals surface area contributed by atoms with Gasteiger partial charge in [-0.1, -0.05) is 41.9 Å². The minimum Gasteiger partial charge on any atom is -0.481 e. The van der Waals surface area contributed by atoms with Gasteiger partial charge in [0, 0.05) is 6.42 Å². The van der Waals surface area contributed by atoms with Crippen LogP contribution >= 0.6 is 0 Å². The maximum atomic E-state index is 12.2. The fourth-order valence-electron chi connectivity index (χ4n) is 3.02. The molecule has 0 bridgehead atoms. The number of amides is 1. The third-order valence-corrected chi connectivity index (χ3v) is 4.71. The third-order valence-electron chi connectivity index (χ3n) is 4.71. The van der Waals surface area contributed by atoms with E-state index in [1.165, 1.54) is 0 Å². The molecule has 2 N–H and O–H groups in total. The lowest BCUT2D eigenvalue weighted by molar-refractivity contribution is -0.157. The van der Waals surface area contributed by atoms with E-state index in [1.807, 2.05) is 30.3 Å². The molecule has 1 aliphatic rings. The molecule has 0 spiro atoms. The number of nitrogens with zero attached hydrogens (tertiary/aromatic N) is 2. The summed E-state index contributed by atoms with van der Waals surface area (Å²) in [6, 6.07) is 9.32. The SMILES string of the molecule is CC(NC(=O)CC1(C(=O)O)CCC1)c1noc(Cc2ccccc2)n1. The number of rotatable bonds is 7. The highest BCUT2D eigenvalue weighted by Crippen LogP contribution is 2.44. The largest absolute Gasteiger partial charge is 0.481 e. The van der Waals surface area contributed by atoms with Crippen molar-refractivity contribution in [3.8, 4) is 0 Å². The van der Waals surface area contributed by atoms with Gasteiger partial charge in [-0.15, -0.1) is 0 Å². The summed E-state index contributed by atoms with van der Waals surface area (Å²) in [5, 5.41) is 16.0. The summed E-state index contributed by atoms with van der Waals surface area (Å²) in [7, 11) is 0. The molecule has 1 saturated carbocycles. The summed E-state index contributed by atoms with van der Waals surface area (Å²) in [6.45, 7) is 1.75. The van der Waals surface area contributed by atoms with Crippen LogP contribution in [0.15, 0.2) is 34.9 Å². The Hall–Kier alpha value is -2.70. The van der Waals surface area contributed by atoms with Crippen molar-refractivity contribution >= 4 is 11.9 Å². The number of carbonyl (C=O) groups excluding carboxylic acids is 1. The lowest BCUT2D eigenvalue weighted by atomic mass is 9.66. The molecule has 0 radical (unpaired) electrons. The smallest absolute Gasteiger partial charge is 0.310 e. The van der Waals surface area contributed by atoms with Crippen molar-refractivity contribution in [1.82, 2.24) is 15.5 Å². The van der Waals surface area contributed by atoms with Crippen molar-refractivity contribution in [3.05, 3.63) is 47.6 Å². The van der Waals surface area contributed by atoms with Crippen LogP contribution in [0.4, 0.5) is 0 Å². The van der Waals surface area contributed by atoms with Gasteiger partial charge in [0.05, 0.1) is 17.9 Å². The number of hydrogen-bond acceptors (Lipinski definition) is 5. The van der Waals surface area contributed by atoms with Crippen LogP contribution in [-0.2, 0) is 16.0 Å². The van der Waals surface area contributed by atoms with Gasteiger partial charge in [0.25, 0.3) is 0 Å². The number of carbonyl (C=O) groups is 2. The van der Waals surface area contributed by atoms with Crippen LogP contribution in [0.25, 0.3) is 0 Å². The second-order valence-electron chi connectivity index (χ2n) is 6.61. The minimum atomic E-state index is -0.903. The summed E-state index contributed by atoms with van der Waals surface area (Å²) in [4.78, 5) is 27.8. The minimum absolute atomic E-state index is 0.0125. The second-order valence-corrected chi connectivity index (χ2v) is 6.61. The van der Waals surface area contributed by atoms with Gasteiger partial charge < -0.3 is 14.9 Å². The van der Waals surface area contributed by atoms with Gasteiger partial charge in [0.2, 0.25) is 11.8 Å². The number of aromatic nitrogens is 2. The number of carboxylic acids is 1. The van der Waals surface area contributed by atoms with Gasteiger partial charge in [-0.05, 0) is 25.3 Å². The van der Waals surface area contributed by atoms with E-state index < -0.39 is 17.4 Å². The molecule has 1 aliphatic carbocycles. The molecule has 25 heavy (non-hydrogen) atoms. The zero-order valence-electron chi connectivity index (χ0n) is 14.1. The molecule has 2 aromatic rings. The summed E-state index contributed by atoms with van der Waals surface area (Å²) in [6.07, 6.45) is 2.46. The molecule has 1 aromatic heterocycles. The van der Waals surface area contributed by atoms with Crippen molar-refractivity contribution in [3.63, 3.8) is 0 Å². The van der Waals surface area contributed by atoms with Crippen LogP contribution in [-0.4, -0.2) is 27.1 Å². The molecule has 3 rings (SSSR count). The van der Waals surface area contributed by atoms with Gasteiger partial charge in [-0.2, -0.15) is 4.98 Å². The van der Waals surface area contributed by atoms with E-state index >= 15 is 0 Å². The lowest BCUT2D eigenvalue weighted by Crippen LogP contribution is -2.43. The molecule has 1 heterocycles. The fraction of sp³-hybridized carbons (Fsp3) is 0.444. The van der Waals surface area contributed by atoms with Crippen molar-refractivity contribution < 1.29 is 19.2 Å². The number of hydrogen-bond donors (Lipinski definition) is 2. The first-order valence-electron chi connectivity index (χ1n) is 8.38. The van der Waals surface area contributed by atoms with Crippen molar-refractivity contribution in [1.29, 1.82) is 0 Å². The van der Waals surface area contributed by atoms with Gasteiger partial charge in [-0.3, -0.25) is 9.59 Å². The average Bonchev–Trinajstić information content (AvgIpc) is 3.00. The van der Waals surface area contributed by atoms with Crippen LogP contribution in [0.5, 0.6) is 0 Å². The molecular weight excluding hydrogens is 322 g/mol. The normalized spacial score (nSPS) is 16.7. The zero-order chi connectivity index (χ0) is 17.9. The van der Waals surface area contributed by atoms with E-state index in [1.54, 1.807) is 6.92 Å². The molecule has 1 amide bonds. The Bertz CT molecular complexity index is 753. The molecule has 1 fully saturated rings. The predicted octanol–water partition coefficient (Wildman–Crippen LogP) is 2.48. The highest BCUT2D eigenvalue weighted by molar-refractivity contribution is 5.85. The van der Waals surface area contributed by atoms with Crippen LogP contribution < -0.4 is 5.32 Å². The molecule has 1 unspecified atom stereocenters. The van der Waals surface area contributed by atoms with Gasteiger partial charge >= 0.3 is 5.97 Å². The Balaban J connectivity index is 1.57. The highest BCUT2D eigenvalue weighted by atomic mass is 16.5. The van der Waals surface area contributed by atoms with Crippen LogP contribution in [0, 0.1) is 5.41 Å². The van der Waals surface area contributed by atoms with Crippen LogP contribution in [0.3, 0.4) is 0 Å². The first kappa shape index (κ1) is 17.1. The quantitative estimate of drug-likeness (QED) is 0.800. The van der Waals surface area contributed by atoms with Crippen LogP contribution in [0.1, 0.15) is 55.9 Å². The Morgan fingerprint density at radius 2 is 2.04 bits per heavy atom. The summed E-state index contributed by atoms with van der Waals surface area (Å²) in [5.74, 6) is -0.337. The Morgan fingerprint density at radius 3 is 2.64 bits per heavy atom. The number of benzene rings is 1. The molecular formula is C18H21N3O4. The lowest BCUT2D eigenvalue weighted by Gasteiger charge is -2.37. The van der Waals surface area contributed by atoms with E-state index in [0.717, 1.165) is 12.0 Å². The first-order chi connectivity index (χ1) is 12.0. The number of carboxylic acid groups (broad SMARTS) is 1. The van der Waals surface area contributed by atoms with Gasteiger partial charge in [-0.25, -0.2) is 0 Å². The number of aliphatic carboxylic acids is 1. The molecule has 132 valence electrons. The van der Waals surface area contributed by atoms with Crippen LogP contribution in [0.2, 0.25) is 0 Å². The zero-order valence-corrected chi connectivity index (χ0v) is 14.1. The molecule has 7 heteroatoms. The average molecular weight is 343 g/mol. The standard InChI is InChI=1S/C18H21N3O4/c1-12(19-14(22)11-18(17(23)24)8-5-9-18)16-20-15(25-21-16)10-13-6-3-2-4-7-13/h2-4,6-7,12H,5,8-11H2,1H3,(H,19,22)(H,23,24). The van der Waals surface area contributed by atoms with E-state index in [2.05, 4.69) is 15.5 Å². The van der Waals surface area contributed by atoms with E-state index in [0.29, 0.717) is 31.0 Å². The van der Waals surface area contributed by atoms with Crippen molar-refractivity contribution in [2.75, 3.05) is 0 Å². The summed E-state index contributed by atoms with van der Waals surface area (Å²) in [5.41, 5.74) is 0.155. The van der Waals surface area contributed by atoms with Gasteiger partial charge in [0.1, 0.15) is 0 Å². The molecule has 0 saturated heterocycles. The maximum Gasteiger partial charge on any atom is 0.310 e. The summed E-state index contributed by atoms with van der Waals surface area (Å²) < 4.78 is 5.24. The van der Waals surface area contributed by atoms with Crippen molar-refractivity contribution in [2.24, 2.45) is 5.41 Å². The monoisotopic (exact) mass is 343 g/mol.